The number of benzene rings is 5. The molecule has 0 aliphatic heterocycles. The second-order valence-corrected chi connectivity index (χ2v) is 14.1. The van der Waals surface area contributed by atoms with E-state index in [0.717, 1.165) is 38.9 Å². The molecule has 0 radical (unpaired) electrons. The number of hydrogen-bond donors (Lipinski definition) is 2. The van der Waals surface area contributed by atoms with Gasteiger partial charge in [0.2, 0.25) is 5.91 Å². The van der Waals surface area contributed by atoms with Crippen LogP contribution in [0.3, 0.4) is 0 Å². The molecule has 4 unspecified atom stereocenters. The van der Waals surface area contributed by atoms with Gasteiger partial charge in [-0.1, -0.05) is 117 Å². The molecule has 0 bridgehead atoms. The van der Waals surface area contributed by atoms with Crippen molar-refractivity contribution in [1.29, 1.82) is 0 Å². The molecule has 0 saturated carbocycles. The van der Waals surface area contributed by atoms with Gasteiger partial charge in [-0.15, -0.1) is 8.93 Å². The van der Waals surface area contributed by atoms with Gasteiger partial charge in [0.1, 0.15) is 37.7 Å². The first-order valence-corrected chi connectivity index (χ1v) is 19.6. The van der Waals surface area contributed by atoms with Crippen LogP contribution in [0.25, 0.3) is 22.3 Å². The smallest absolute Gasteiger partial charge is 0.407 e. The highest BCUT2D eigenvalue weighted by Gasteiger charge is 2.29. The maximum atomic E-state index is 12.8. The van der Waals surface area contributed by atoms with E-state index in [1.807, 2.05) is 60.7 Å². The standard InChI is InChI=1S/C41H40N2O6P2/c1-26(43-41(46)49-25-38-36-9-5-3-7-34(36)35-8-4-6-10-37(35)38)39(44)42-27(2)40(45)48-24-29-13-19-32(20-14-29)47-23-28-11-15-30(16-12-28)31-17-21-33(51-50)22-18-31/h3-22,26-27,38,51H,23-25,50H2,1-2H3,(H,42,44)(H,43,46). The minimum Gasteiger partial charge on any atom is -0.489 e. The first kappa shape index (κ1) is 35.8. The lowest BCUT2D eigenvalue weighted by atomic mass is 9.98. The number of nitrogens with one attached hydrogen (secondary N) is 2. The summed E-state index contributed by atoms with van der Waals surface area (Å²) < 4.78 is 16.9. The lowest BCUT2D eigenvalue weighted by Gasteiger charge is -2.19. The predicted octanol–water partition coefficient (Wildman–Crippen LogP) is 7.50. The zero-order valence-corrected chi connectivity index (χ0v) is 30.6. The fraction of sp³-hybridized carbons (Fsp3) is 0.195. The third-order valence-electron chi connectivity index (χ3n) is 8.83. The molecule has 2 N–H and O–H groups in total. The SMILES string of the molecule is CC(NC(=O)OCC1c2ccccc2-c2ccccc21)C(=O)NC(C)C(=O)OCc1ccc(OCc2ccc(-c3ccc(PP)cc3)cc2)cc1. The third kappa shape index (κ3) is 9.02. The summed E-state index contributed by atoms with van der Waals surface area (Å²) in [4.78, 5) is 38.0. The van der Waals surface area contributed by atoms with Crippen molar-refractivity contribution in [1.82, 2.24) is 10.6 Å². The molecule has 0 aromatic heterocycles. The van der Waals surface area contributed by atoms with Gasteiger partial charge in [0, 0.05) is 5.92 Å². The fourth-order valence-electron chi connectivity index (χ4n) is 5.96. The summed E-state index contributed by atoms with van der Waals surface area (Å²) in [7, 11) is 3.48. The molecular formula is C41H40N2O6P2. The Morgan fingerprint density at radius 2 is 1.22 bits per heavy atom. The number of fused-ring (bicyclic) bond motifs is 3. The van der Waals surface area contributed by atoms with Crippen molar-refractivity contribution in [3.05, 3.63) is 144 Å². The van der Waals surface area contributed by atoms with Crippen LogP contribution in [0.2, 0.25) is 0 Å². The van der Waals surface area contributed by atoms with Crippen LogP contribution in [0.5, 0.6) is 5.75 Å². The van der Waals surface area contributed by atoms with Gasteiger partial charge in [-0.05, 0) is 75.8 Å². The van der Waals surface area contributed by atoms with Crippen molar-refractivity contribution in [2.75, 3.05) is 6.61 Å². The van der Waals surface area contributed by atoms with Crippen molar-refractivity contribution in [2.45, 2.75) is 45.1 Å². The Kier molecular flexibility index (Phi) is 11.8. The number of amides is 2. The van der Waals surface area contributed by atoms with E-state index in [2.05, 4.69) is 80.2 Å². The van der Waals surface area contributed by atoms with Crippen molar-refractivity contribution >= 4 is 40.5 Å². The first-order valence-electron chi connectivity index (χ1n) is 16.8. The van der Waals surface area contributed by atoms with E-state index >= 15 is 0 Å². The number of carbonyl (C=O) groups excluding carboxylic acids is 3. The van der Waals surface area contributed by atoms with Gasteiger partial charge in [-0.3, -0.25) is 4.79 Å². The van der Waals surface area contributed by atoms with Crippen molar-refractivity contribution in [2.24, 2.45) is 0 Å². The van der Waals surface area contributed by atoms with Crippen LogP contribution in [0, 0.1) is 0 Å². The monoisotopic (exact) mass is 718 g/mol. The molecule has 5 aromatic rings. The molecule has 6 rings (SSSR count). The maximum Gasteiger partial charge on any atom is 0.407 e. The lowest BCUT2D eigenvalue weighted by molar-refractivity contribution is -0.148. The highest BCUT2D eigenvalue weighted by Crippen LogP contribution is 2.44. The van der Waals surface area contributed by atoms with Crippen LogP contribution >= 0.6 is 17.2 Å². The maximum absolute atomic E-state index is 12.8. The minimum absolute atomic E-state index is 0.0346. The molecular weight excluding hydrogens is 678 g/mol. The summed E-state index contributed by atoms with van der Waals surface area (Å²) in [6.07, 6.45) is -0.715. The van der Waals surface area contributed by atoms with E-state index in [-0.39, 0.29) is 19.1 Å². The van der Waals surface area contributed by atoms with Gasteiger partial charge in [0.05, 0.1) is 0 Å². The van der Waals surface area contributed by atoms with Gasteiger partial charge >= 0.3 is 12.1 Å². The lowest BCUT2D eigenvalue weighted by Crippen LogP contribution is -2.49. The summed E-state index contributed by atoms with van der Waals surface area (Å²) in [5.41, 5.74) is 8.62. The second-order valence-electron chi connectivity index (χ2n) is 12.4. The van der Waals surface area contributed by atoms with Crippen molar-refractivity contribution in [3.63, 3.8) is 0 Å². The van der Waals surface area contributed by atoms with E-state index in [4.69, 9.17) is 14.2 Å². The van der Waals surface area contributed by atoms with Crippen molar-refractivity contribution < 1.29 is 28.6 Å². The van der Waals surface area contributed by atoms with E-state index in [1.54, 1.807) is 0 Å². The number of esters is 1. The average molecular weight is 719 g/mol. The van der Waals surface area contributed by atoms with Gasteiger partial charge in [0.25, 0.3) is 0 Å². The predicted molar refractivity (Wildman–Crippen MR) is 205 cm³/mol. The molecule has 260 valence electrons. The van der Waals surface area contributed by atoms with Crippen molar-refractivity contribution in [3.8, 4) is 28.0 Å². The number of carbonyl (C=O) groups is 3. The van der Waals surface area contributed by atoms with E-state index in [1.165, 1.54) is 24.7 Å². The fourth-order valence-corrected chi connectivity index (χ4v) is 6.90. The number of hydrogen-bond acceptors (Lipinski definition) is 6. The molecule has 8 nitrogen and oxygen atoms in total. The van der Waals surface area contributed by atoms with Crippen LogP contribution in [0.4, 0.5) is 4.79 Å². The first-order chi connectivity index (χ1) is 24.8. The van der Waals surface area contributed by atoms with Gasteiger partial charge in [-0.2, -0.15) is 0 Å². The quantitative estimate of drug-likeness (QED) is 0.0966. The van der Waals surface area contributed by atoms with Gasteiger partial charge in [-0.25, -0.2) is 9.59 Å². The van der Waals surface area contributed by atoms with E-state index < -0.39 is 30.1 Å². The van der Waals surface area contributed by atoms with Crippen LogP contribution in [0.15, 0.2) is 121 Å². The Hall–Kier alpha value is -5.03. The summed E-state index contributed by atoms with van der Waals surface area (Å²) in [5, 5.41) is 6.46. The minimum atomic E-state index is -0.932. The second kappa shape index (κ2) is 16.8. The number of alkyl carbamates (subject to hydrolysis) is 1. The molecule has 1 aliphatic rings. The van der Waals surface area contributed by atoms with Crippen LogP contribution in [0.1, 0.15) is 42.0 Å². The third-order valence-corrected chi connectivity index (χ3v) is 10.5. The van der Waals surface area contributed by atoms with Crippen LogP contribution in [-0.4, -0.2) is 36.7 Å². The molecule has 0 saturated heterocycles. The van der Waals surface area contributed by atoms with Crippen LogP contribution < -0.4 is 20.7 Å². The Balaban J connectivity index is 0.902. The molecule has 51 heavy (non-hydrogen) atoms. The molecule has 1 aliphatic carbocycles. The summed E-state index contributed by atoms with van der Waals surface area (Å²) in [5.74, 6) is -0.528. The van der Waals surface area contributed by atoms with E-state index in [9.17, 15) is 14.4 Å². The molecule has 10 heteroatoms. The summed E-state index contributed by atoms with van der Waals surface area (Å²) in [6.45, 7) is 3.65. The molecule has 5 aromatic carbocycles. The average Bonchev–Trinajstić information content (AvgIpc) is 3.49. The Morgan fingerprint density at radius 3 is 1.82 bits per heavy atom. The highest BCUT2D eigenvalue weighted by atomic mass is 32.0. The number of rotatable bonds is 13. The zero-order valence-electron chi connectivity index (χ0n) is 28.4. The topological polar surface area (TPSA) is 103 Å². The Bertz CT molecular complexity index is 1940. The molecule has 0 spiro atoms. The van der Waals surface area contributed by atoms with Gasteiger partial charge < -0.3 is 24.8 Å². The largest absolute Gasteiger partial charge is 0.489 e. The molecule has 0 fully saturated rings. The van der Waals surface area contributed by atoms with E-state index in [0.29, 0.717) is 20.6 Å². The Labute approximate surface area is 302 Å². The molecule has 2 amide bonds. The molecule has 0 heterocycles. The van der Waals surface area contributed by atoms with Crippen LogP contribution in [-0.2, 0) is 32.3 Å². The summed E-state index contributed by atoms with van der Waals surface area (Å²) >= 11 is 0. The zero-order chi connectivity index (χ0) is 35.7. The summed E-state index contributed by atoms with van der Waals surface area (Å²) in [6, 6.07) is 38.5. The normalized spacial score (nSPS) is 13.2. The highest BCUT2D eigenvalue weighted by molar-refractivity contribution is 8.06. The molecule has 4 atom stereocenters. The Morgan fingerprint density at radius 1 is 0.667 bits per heavy atom. The number of ether oxygens (including phenoxy) is 3. The van der Waals surface area contributed by atoms with Gasteiger partial charge in [0.15, 0.2) is 0 Å².